The molecule has 1 aliphatic rings. The Balaban J connectivity index is 2.14. The Bertz CT molecular complexity index is 526. The third-order valence-electron chi connectivity index (χ3n) is 3.99. The smallest absolute Gasteiger partial charge is 0.235 e. The maximum absolute atomic E-state index is 12.7. The summed E-state index contributed by atoms with van der Waals surface area (Å²) in [6, 6.07) is 7.97. The number of hydrogen-bond donors (Lipinski definition) is 1. The summed E-state index contributed by atoms with van der Waals surface area (Å²) in [5, 5.41) is 0. The second-order valence-electron chi connectivity index (χ2n) is 5.44. The highest BCUT2D eigenvalue weighted by molar-refractivity contribution is 9.10. The number of benzene rings is 1. The summed E-state index contributed by atoms with van der Waals surface area (Å²) in [5.74, 6) is 0.0578. The van der Waals surface area contributed by atoms with E-state index in [-0.39, 0.29) is 5.91 Å². The summed E-state index contributed by atoms with van der Waals surface area (Å²) in [7, 11) is 1.82. The van der Waals surface area contributed by atoms with E-state index in [4.69, 9.17) is 18.0 Å². The molecule has 1 saturated carbocycles. The van der Waals surface area contributed by atoms with Crippen LogP contribution in [-0.4, -0.2) is 22.8 Å². The molecule has 1 aliphatic carbocycles. The molecule has 0 saturated heterocycles. The highest BCUT2D eigenvalue weighted by Crippen LogP contribution is 2.40. The van der Waals surface area contributed by atoms with Crippen molar-refractivity contribution >= 4 is 39.0 Å². The molecule has 0 unspecified atom stereocenters. The molecule has 1 amide bonds. The van der Waals surface area contributed by atoms with Crippen LogP contribution in [0.1, 0.15) is 31.2 Å². The maximum Gasteiger partial charge on any atom is 0.235 e. The number of carbonyl (C=O) groups is 1. The largest absolute Gasteiger partial charge is 0.392 e. The van der Waals surface area contributed by atoms with Crippen LogP contribution in [-0.2, 0) is 11.3 Å². The zero-order chi connectivity index (χ0) is 14.8. The van der Waals surface area contributed by atoms with Gasteiger partial charge in [-0.15, -0.1) is 0 Å². The Hall–Kier alpha value is -0.940. The minimum Gasteiger partial charge on any atom is -0.392 e. The SMILES string of the molecule is CN(Cc1cccc(Br)c1)C(=O)C1(C(N)=S)CCCC1. The first-order chi connectivity index (χ1) is 9.45. The van der Waals surface area contributed by atoms with Crippen molar-refractivity contribution in [3.63, 3.8) is 0 Å². The third kappa shape index (κ3) is 3.04. The number of nitrogens with zero attached hydrogens (tertiary/aromatic N) is 1. The fraction of sp³-hybridized carbons (Fsp3) is 0.467. The molecule has 5 heteroatoms. The lowest BCUT2D eigenvalue weighted by atomic mass is 9.84. The van der Waals surface area contributed by atoms with Crippen LogP contribution in [0.3, 0.4) is 0 Å². The predicted molar refractivity (Wildman–Crippen MR) is 88.3 cm³/mol. The summed E-state index contributed by atoms with van der Waals surface area (Å²) in [6.45, 7) is 0.572. The Morgan fingerprint density at radius 1 is 1.45 bits per heavy atom. The monoisotopic (exact) mass is 354 g/mol. The molecule has 1 fully saturated rings. The van der Waals surface area contributed by atoms with Crippen LogP contribution in [0.15, 0.2) is 28.7 Å². The Morgan fingerprint density at radius 2 is 2.10 bits per heavy atom. The van der Waals surface area contributed by atoms with Crippen molar-refractivity contribution in [2.24, 2.45) is 11.1 Å². The van der Waals surface area contributed by atoms with E-state index in [2.05, 4.69) is 15.9 Å². The number of nitrogens with two attached hydrogens (primary N) is 1. The van der Waals surface area contributed by atoms with Crippen molar-refractivity contribution in [2.45, 2.75) is 32.2 Å². The molecule has 0 heterocycles. The van der Waals surface area contributed by atoms with E-state index in [9.17, 15) is 4.79 Å². The van der Waals surface area contributed by atoms with Gasteiger partial charge in [0.15, 0.2) is 0 Å². The quantitative estimate of drug-likeness (QED) is 0.844. The van der Waals surface area contributed by atoms with Gasteiger partial charge in [0.25, 0.3) is 0 Å². The van der Waals surface area contributed by atoms with Gasteiger partial charge in [0.05, 0.1) is 10.4 Å². The third-order valence-corrected chi connectivity index (χ3v) is 4.88. The van der Waals surface area contributed by atoms with Crippen molar-refractivity contribution in [3.8, 4) is 0 Å². The molecule has 2 rings (SSSR count). The highest BCUT2D eigenvalue weighted by Gasteiger charge is 2.45. The zero-order valence-electron chi connectivity index (χ0n) is 11.6. The summed E-state index contributed by atoms with van der Waals surface area (Å²) < 4.78 is 1.01. The van der Waals surface area contributed by atoms with Crippen LogP contribution < -0.4 is 5.73 Å². The molecule has 20 heavy (non-hydrogen) atoms. The predicted octanol–water partition coefficient (Wildman–Crippen LogP) is 3.25. The molecule has 0 aromatic heterocycles. The number of hydrogen-bond acceptors (Lipinski definition) is 2. The Morgan fingerprint density at radius 3 is 2.65 bits per heavy atom. The first-order valence-electron chi connectivity index (χ1n) is 6.75. The van der Waals surface area contributed by atoms with Crippen molar-refractivity contribution in [2.75, 3.05) is 7.05 Å². The van der Waals surface area contributed by atoms with Crippen LogP contribution in [0.2, 0.25) is 0 Å². The Labute approximate surface area is 133 Å². The fourth-order valence-electron chi connectivity index (χ4n) is 2.89. The van der Waals surface area contributed by atoms with Crippen molar-refractivity contribution in [1.29, 1.82) is 0 Å². The molecule has 2 N–H and O–H groups in total. The molecule has 0 atom stereocenters. The first kappa shape index (κ1) is 15.4. The van der Waals surface area contributed by atoms with Gasteiger partial charge in [0, 0.05) is 18.1 Å². The standard InChI is InChI=1S/C15H19BrN2OS/c1-18(10-11-5-4-6-12(16)9-11)14(19)15(13(17)20)7-2-3-8-15/h4-6,9H,2-3,7-8,10H2,1H3,(H2,17,20). The molecule has 1 aromatic rings. The molecule has 1 aromatic carbocycles. The Kier molecular flexibility index (Phi) is 4.81. The van der Waals surface area contributed by atoms with Gasteiger partial charge in [0.2, 0.25) is 5.91 Å². The van der Waals surface area contributed by atoms with Crippen LogP contribution in [0.25, 0.3) is 0 Å². The summed E-state index contributed by atoms with van der Waals surface area (Å²) in [6.07, 6.45) is 3.61. The number of thiocarbonyl (C=S) groups is 1. The summed E-state index contributed by atoms with van der Waals surface area (Å²) in [4.78, 5) is 14.8. The lowest BCUT2D eigenvalue weighted by Crippen LogP contribution is -2.47. The van der Waals surface area contributed by atoms with Gasteiger partial charge >= 0.3 is 0 Å². The zero-order valence-corrected chi connectivity index (χ0v) is 14.0. The summed E-state index contributed by atoms with van der Waals surface area (Å²) >= 11 is 8.62. The summed E-state index contributed by atoms with van der Waals surface area (Å²) in [5.41, 5.74) is 6.34. The van der Waals surface area contributed by atoms with E-state index in [1.165, 1.54) is 0 Å². The van der Waals surface area contributed by atoms with Gasteiger partial charge in [-0.1, -0.05) is 53.1 Å². The van der Waals surface area contributed by atoms with Crippen molar-refractivity contribution in [3.05, 3.63) is 34.3 Å². The molecule has 0 spiro atoms. The highest BCUT2D eigenvalue weighted by atomic mass is 79.9. The lowest BCUT2D eigenvalue weighted by molar-refractivity contribution is -0.137. The van der Waals surface area contributed by atoms with Gasteiger partial charge in [-0.25, -0.2) is 0 Å². The average molecular weight is 355 g/mol. The fourth-order valence-corrected chi connectivity index (χ4v) is 3.63. The van der Waals surface area contributed by atoms with Crippen molar-refractivity contribution in [1.82, 2.24) is 4.90 Å². The van der Waals surface area contributed by atoms with Crippen LogP contribution in [0.5, 0.6) is 0 Å². The second-order valence-corrected chi connectivity index (χ2v) is 6.80. The number of halogens is 1. The average Bonchev–Trinajstić information content (AvgIpc) is 2.88. The molecule has 0 radical (unpaired) electrons. The topological polar surface area (TPSA) is 46.3 Å². The van der Waals surface area contributed by atoms with Crippen molar-refractivity contribution < 1.29 is 4.79 Å². The van der Waals surface area contributed by atoms with Gasteiger partial charge in [-0.2, -0.15) is 0 Å². The van der Waals surface area contributed by atoms with E-state index < -0.39 is 5.41 Å². The first-order valence-corrected chi connectivity index (χ1v) is 7.96. The molecule has 0 aliphatic heterocycles. The van der Waals surface area contributed by atoms with E-state index in [0.717, 1.165) is 35.7 Å². The van der Waals surface area contributed by atoms with Gasteiger partial charge in [-0.05, 0) is 30.5 Å². The molecular weight excluding hydrogens is 336 g/mol. The van der Waals surface area contributed by atoms with E-state index in [1.807, 2.05) is 31.3 Å². The number of carbonyl (C=O) groups excluding carboxylic acids is 1. The normalized spacial score (nSPS) is 16.9. The van der Waals surface area contributed by atoms with Crippen LogP contribution in [0, 0.1) is 5.41 Å². The maximum atomic E-state index is 12.7. The number of rotatable bonds is 4. The van der Waals surface area contributed by atoms with Gasteiger partial charge < -0.3 is 10.6 Å². The lowest BCUT2D eigenvalue weighted by Gasteiger charge is -2.31. The van der Waals surface area contributed by atoms with E-state index in [1.54, 1.807) is 4.90 Å². The van der Waals surface area contributed by atoms with Crippen LogP contribution in [0.4, 0.5) is 0 Å². The van der Waals surface area contributed by atoms with Gasteiger partial charge in [0.1, 0.15) is 0 Å². The van der Waals surface area contributed by atoms with Crippen LogP contribution >= 0.6 is 28.1 Å². The van der Waals surface area contributed by atoms with E-state index >= 15 is 0 Å². The van der Waals surface area contributed by atoms with E-state index in [0.29, 0.717) is 11.5 Å². The minimum atomic E-state index is -0.615. The minimum absolute atomic E-state index is 0.0578. The molecular formula is C15H19BrN2OS. The number of amides is 1. The van der Waals surface area contributed by atoms with Gasteiger partial charge in [-0.3, -0.25) is 4.79 Å². The second kappa shape index (κ2) is 6.22. The molecule has 3 nitrogen and oxygen atoms in total. The molecule has 0 bridgehead atoms. The molecule has 108 valence electrons.